The van der Waals surface area contributed by atoms with Crippen LogP contribution in [0.25, 0.3) is 5.57 Å². The van der Waals surface area contributed by atoms with E-state index in [1.54, 1.807) is 0 Å². The van der Waals surface area contributed by atoms with Gasteiger partial charge in [0, 0.05) is 13.1 Å². The van der Waals surface area contributed by atoms with Gasteiger partial charge >= 0.3 is 0 Å². The second-order valence-electron chi connectivity index (χ2n) is 4.67. The van der Waals surface area contributed by atoms with E-state index in [9.17, 15) is 0 Å². The summed E-state index contributed by atoms with van der Waals surface area (Å²) in [6, 6.07) is 20.9. The molecule has 3 rings (SSSR count). The van der Waals surface area contributed by atoms with Crippen molar-refractivity contribution in [1.82, 2.24) is 5.06 Å². The predicted octanol–water partition coefficient (Wildman–Crippen LogP) is 3.52. The van der Waals surface area contributed by atoms with Crippen LogP contribution in [0.15, 0.2) is 66.7 Å². The molecule has 96 valence electrons. The fourth-order valence-corrected chi connectivity index (χ4v) is 2.29. The lowest BCUT2D eigenvalue weighted by Crippen LogP contribution is -2.29. The van der Waals surface area contributed by atoms with Crippen LogP contribution in [0.2, 0.25) is 0 Å². The monoisotopic (exact) mass is 251 g/mol. The minimum absolute atomic E-state index is 0.650. The number of hydroxylamine groups is 2. The van der Waals surface area contributed by atoms with Gasteiger partial charge in [-0.05, 0) is 16.7 Å². The van der Waals surface area contributed by atoms with Crippen molar-refractivity contribution < 1.29 is 4.84 Å². The van der Waals surface area contributed by atoms with Crippen LogP contribution in [0.3, 0.4) is 0 Å². The molecule has 2 aromatic rings. The molecule has 1 aliphatic heterocycles. The first-order valence-electron chi connectivity index (χ1n) is 6.58. The van der Waals surface area contributed by atoms with Gasteiger partial charge in [0.25, 0.3) is 0 Å². The summed E-state index contributed by atoms with van der Waals surface area (Å²) in [5.41, 5.74) is 3.89. The molecule has 1 heterocycles. The van der Waals surface area contributed by atoms with Crippen molar-refractivity contribution in [3.05, 3.63) is 77.9 Å². The van der Waals surface area contributed by atoms with Crippen molar-refractivity contribution in [3.63, 3.8) is 0 Å². The van der Waals surface area contributed by atoms with Crippen molar-refractivity contribution in [2.75, 3.05) is 13.2 Å². The highest BCUT2D eigenvalue weighted by atomic mass is 16.7. The Morgan fingerprint density at radius 2 is 1.58 bits per heavy atom. The molecule has 0 saturated carbocycles. The van der Waals surface area contributed by atoms with Crippen LogP contribution >= 0.6 is 0 Å². The van der Waals surface area contributed by atoms with Gasteiger partial charge in [-0.3, -0.25) is 4.84 Å². The van der Waals surface area contributed by atoms with Gasteiger partial charge in [-0.25, -0.2) is 0 Å². The maximum Gasteiger partial charge on any atom is 0.0873 e. The first-order valence-corrected chi connectivity index (χ1v) is 6.58. The maximum absolute atomic E-state index is 5.69. The average molecular weight is 251 g/mol. The molecule has 0 radical (unpaired) electrons. The van der Waals surface area contributed by atoms with Gasteiger partial charge in [0.1, 0.15) is 0 Å². The van der Waals surface area contributed by atoms with E-state index < -0.39 is 0 Å². The second-order valence-corrected chi connectivity index (χ2v) is 4.67. The zero-order valence-electron chi connectivity index (χ0n) is 10.8. The molecule has 2 aromatic carbocycles. The molecule has 0 fully saturated rings. The van der Waals surface area contributed by atoms with E-state index in [1.165, 1.54) is 16.7 Å². The summed E-state index contributed by atoms with van der Waals surface area (Å²) in [6.07, 6.45) is 2.16. The largest absolute Gasteiger partial charge is 0.294 e. The van der Waals surface area contributed by atoms with Crippen LogP contribution in [-0.2, 0) is 11.4 Å². The van der Waals surface area contributed by atoms with Gasteiger partial charge in [0.2, 0.25) is 0 Å². The van der Waals surface area contributed by atoms with Crippen molar-refractivity contribution in [2.45, 2.75) is 6.54 Å². The third-order valence-corrected chi connectivity index (χ3v) is 3.28. The lowest BCUT2D eigenvalue weighted by Gasteiger charge is -2.27. The highest BCUT2D eigenvalue weighted by Crippen LogP contribution is 2.20. The maximum atomic E-state index is 5.69. The van der Waals surface area contributed by atoms with Crippen molar-refractivity contribution >= 4 is 5.57 Å². The lowest BCUT2D eigenvalue weighted by atomic mass is 10.0. The zero-order valence-corrected chi connectivity index (χ0v) is 10.8. The summed E-state index contributed by atoms with van der Waals surface area (Å²) >= 11 is 0. The third kappa shape index (κ3) is 3.11. The molecule has 0 aliphatic carbocycles. The SMILES string of the molecule is C1=C(c2ccccc2)CN(Cc2ccccc2)OC1. The summed E-state index contributed by atoms with van der Waals surface area (Å²) in [4.78, 5) is 5.69. The molecule has 0 bridgehead atoms. The third-order valence-electron chi connectivity index (χ3n) is 3.28. The fraction of sp³-hybridized carbons (Fsp3) is 0.176. The Morgan fingerprint density at radius 1 is 0.895 bits per heavy atom. The summed E-state index contributed by atoms with van der Waals surface area (Å²) < 4.78 is 0. The number of rotatable bonds is 3. The van der Waals surface area contributed by atoms with Crippen LogP contribution < -0.4 is 0 Å². The molecule has 0 unspecified atom stereocenters. The van der Waals surface area contributed by atoms with Crippen LogP contribution in [0.4, 0.5) is 0 Å². The van der Waals surface area contributed by atoms with E-state index in [-0.39, 0.29) is 0 Å². The molecule has 0 atom stereocenters. The van der Waals surface area contributed by atoms with Crippen LogP contribution in [-0.4, -0.2) is 18.2 Å². The van der Waals surface area contributed by atoms with E-state index in [4.69, 9.17) is 4.84 Å². The molecule has 0 saturated heterocycles. The summed E-state index contributed by atoms with van der Waals surface area (Å²) in [6.45, 7) is 2.31. The zero-order chi connectivity index (χ0) is 12.9. The standard InChI is InChI=1S/C17H17NO/c1-3-7-15(8-4-1)13-18-14-17(11-12-19-18)16-9-5-2-6-10-16/h1-11H,12-14H2. The highest BCUT2D eigenvalue weighted by molar-refractivity contribution is 5.67. The fourth-order valence-electron chi connectivity index (χ4n) is 2.29. The van der Waals surface area contributed by atoms with Crippen LogP contribution in [0.1, 0.15) is 11.1 Å². The molecule has 0 aromatic heterocycles. The molecular formula is C17H17NO. The number of hydrogen-bond donors (Lipinski definition) is 0. The Morgan fingerprint density at radius 3 is 2.32 bits per heavy atom. The topological polar surface area (TPSA) is 12.5 Å². The normalized spacial score (nSPS) is 16.1. The average Bonchev–Trinajstić information content (AvgIpc) is 2.49. The van der Waals surface area contributed by atoms with E-state index >= 15 is 0 Å². The smallest absolute Gasteiger partial charge is 0.0873 e. The highest BCUT2D eigenvalue weighted by Gasteiger charge is 2.14. The van der Waals surface area contributed by atoms with Crippen molar-refractivity contribution in [3.8, 4) is 0 Å². The van der Waals surface area contributed by atoms with Gasteiger partial charge < -0.3 is 0 Å². The second kappa shape index (κ2) is 5.83. The van der Waals surface area contributed by atoms with Gasteiger partial charge in [-0.1, -0.05) is 66.7 Å². The number of benzene rings is 2. The summed E-state index contributed by atoms with van der Waals surface area (Å²) in [5.74, 6) is 0. The van der Waals surface area contributed by atoms with Gasteiger partial charge in [-0.2, -0.15) is 5.06 Å². The number of hydrogen-bond acceptors (Lipinski definition) is 2. The molecule has 0 spiro atoms. The molecule has 2 nitrogen and oxygen atoms in total. The Hall–Kier alpha value is -1.90. The molecular weight excluding hydrogens is 234 g/mol. The van der Waals surface area contributed by atoms with Crippen molar-refractivity contribution in [1.29, 1.82) is 0 Å². The minimum atomic E-state index is 0.650. The Labute approximate surface area is 113 Å². The summed E-state index contributed by atoms with van der Waals surface area (Å²) in [5, 5.41) is 2.03. The van der Waals surface area contributed by atoms with Crippen molar-refractivity contribution in [2.24, 2.45) is 0 Å². The first-order chi connectivity index (χ1) is 9.42. The van der Waals surface area contributed by atoms with Crippen LogP contribution in [0, 0.1) is 0 Å². The first kappa shape index (κ1) is 12.2. The molecule has 0 amide bonds. The van der Waals surface area contributed by atoms with E-state index in [0.717, 1.165) is 13.1 Å². The lowest BCUT2D eigenvalue weighted by molar-refractivity contribution is -0.151. The Balaban J connectivity index is 1.70. The van der Waals surface area contributed by atoms with Gasteiger partial charge in [0.15, 0.2) is 0 Å². The molecule has 2 heteroatoms. The molecule has 19 heavy (non-hydrogen) atoms. The van der Waals surface area contributed by atoms with Crippen LogP contribution in [0.5, 0.6) is 0 Å². The predicted molar refractivity (Wildman–Crippen MR) is 77.2 cm³/mol. The molecule has 1 aliphatic rings. The summed E-state index contributed by atoms with van der Waals surface area (Å²) in [7, 11) is 0. The van der Waals surface area contributed by atoms with Gasteiger partial charge in [-0.15, -0.1) is 0 Å². The quantitative estimate of drug-likeness (QED) is 0.827. The molecule has 0 N–H and O–H groups in total. The van der Waals surface area contributed by atoms with Gasteiger partial charge in [0.05, 0.1) is 6.61 Å². The van der Waals surface area contributed by atoms with E-state index in [2.05, 4.69) is 54.6 Å². The minimum Gasteiger partial charge on any atom is -0.294 e. The Kier molecular flexibility index (Phi) is 3.73. The number of nitrogens with zero attached hydrogens (tertiary/aromatic N) is 1. The van der Waals surface area contributed by atoms with E-state index in [1.807, 2.05) is 17.2 Å². The van der Waals surface area contributed by atoms with E-state index in [0.29, 0.717) is 6.61 Å². The Bertz CT molecular complexity index is 548.